The van der Waals surface area contributed by atoms with E-state index in [-0.39, 0.29) is 14.9 Å². The highest BCUT2D eigenvalue weighted by Crippen LogP contribution is 2.10. The fourth-order valence-electron chi connectivity index (χ4n) is 1.91. The van der Waals surface area contributed by atoms with Crippen LogP contribution in [0.15, 0.2) is 111 Å². The fourth-order valence-corrected chi connectivity index (χ4v) is 1.91. The van der Waals surface area contributed by atoms with Gasteiger partial charge in [0.2, 0.25) is 0 Å². The van der Waals surface area contributed by atoms with Gasteiger partial charge < -0.3 is 0 Å². The number of allylic oxidation sites excluding steroid dienone is 11. The van der Waals surface area contributed by atoms with Crippen molar-refractivity contribution in [2.75, 3.05) is 0 Å². The first kappa shape index (κ1) is 29.9. The Bertz CT molecular complexity index is 599. The first-order valence-electron chi connectivity index (χ1n) is 9.06. The summed E-state index contributed by atoms with van der Waals surface area (Å²) in [6, 6.07) is 8.02. The molecule has 1 aromatic rings. The number of benzene rings is 1. The Kier molecular flexibility index (Phi) is 25.8. The van der Waals surface area contributed by atoms with Crippen molar-refractivity contribution in [2.24, 2.45) is 0 Å². The summed E-state index contributed by atoms with van der Waals surface area (Å²) in [5.74, 6) is 0. The van der Waals surface area contributed by atoms with Crippen LogP contribution in [0.2, 0.25) is 0 Å². The number of rotatable bonds is 4. The van der Waals surface area contributed by atoms with Crippen molar-refractivity contribution < 1.29 is 0 Å². The smallest absolute Gasteiger partial charge is 0.0190 e. The van der Waals surface area contributed by atoms with Crippen LogP contribution in [0.4, 0.5) is 0 Å². The summed E-state index contributed by atoms with van der Waals surface area (Å²) in [6.07, 6.45) is 29.6. The van der Waals surface area contributed by atoms with Gasteiger partial charge in [0, 0.05) is 0 Å². The monoisotopic (exact) mass is 376 g/mol. The van der Waals surface area contributed by atoms with E-state index in [9.17, 15) is 0 Å². The van der Waals surface area contributed by atoms with E-state index in [0.29, 0.717) is 0 Å². The Hall–Kier alpha value is -2.86. The van der Waals surface area contributed by atoms with Crippen LogP contribution in [-0.4, -0.2) is 0 Å². The zero-order valence-electron chi connectivity index (χ0n) is 16.1. The minimum absolute atomic E-state index is 0. The van der Waals surface area contributed by atoms with Gasteiger partial charge in [0.1, 0.15) is 0 Å². The normalized spacial score (nSPS) is 13.8. The van der Waals surface area contributed by atoms with Gasteiger partial charge in [-0.15, -0.1) is 0 Å². The van der Waals surface area contributed by atoms with Crippen LogP contribution in [0.1, 0.15) is 52.2 Å². The van der Waals surface area contributed by atoms with Crippen molar-refractivity contribution in [2.45, 2.75) is 41.0 Å². The predicted octanol–water partition coefficient (Wildman–Crippen LogP) is 9.39. The topological polar surface area (TPSA) is 0 Å². The lowest BCUT2D eigenvalue weighted by molar-refractivity contribution is 1.05. The van der Waals surface area contributed by atoms with Gasteiger partial charge in [0.15, 0.2) is 0 Å². The van der Waals surface area contributed by atoms with E-state index in [1.54, 1.807) is 6.08 Å². The van der Waals surface area contributed by atoms with Crippen LogP contribution in [0, 0.1) is 0 Å². The highest BCUT2D eigenvalue weighted by Gasteiger charge is 1.89. The van der Waals surface area contributed by atoms with E-state index in [4.69, 9.17) is 0 Å². The molecule has 0 heteroatoms. The number of hydrogen-bond donors (Lipinski definition) is 0. The molecular formula is C28H40. The third kappa shape index (κ3) is 17.9. The Morgan fingerprint density at radius 2 is 1.18 bits per heavy atom. The van der Waals surface area contributed by atoms with Gasteiger partial charge in [0.25, 0.3) is 0 Å². The summed E-state index contributed by atoms with van der Waals surface area (Å²) in [7, 11) is 0. The molecular weight excluding hydrogens is 336 g/mol. The van der Waals surface area contributed by atoms with Gasteiger partial charge in [-0.1, -0.05) is 145 Å². The highest BCUT2D eigenvalue weighted by atomic mass is 13.9. The molecule has 28 heavy (non-hydrogen) atoms. The molecule has 0 spiro atoms. The molecule has 0 saturated heterocycles. The van der Waals surface area contributed by atoms with Gasteiger partial charge in [-0.25, -0.2) is 0 Å². The van der Waals surface area contributed by atoms with Crippen LogP contribution < -0.4 is 0 Å². The predicted molar refractivity (Wildman–Crippen MR) is 136 cm³/mol. The molecule has 152 valence electrons. The molecule has 1 aliphatic rings. The van der Waals surface area contributed by atoms with Crippen LogP contribution >= 0.6 is 0 Å². The van der Waals surface area contributed by atoms with E-state index < -0.39 is 0 Å². The van der Waals surface area contributed by atoms with E-state index in [1.807, 2.05) is 54.6 Å². The molecule has 2 rings (SSSR count). The molecule has 1 aromatic carbocycles. The maximum absolute atomic E-state index is 3.69. The number of hydrogen-bond acceptors (Lipinski definition) is 0. The first-order valence-corrected chi connectivity index (χ1v) is 9.06. The summed E-state index contributed by atoms with van der Waals surface area (Å²) in [6.45, 7) is 13.0. The third-order valence-electron chi connectivity index (χ3n) is 3.27. The SMILES string of the molecule is C.C.C1=C/C=C\CC/C=C/C=C1.C=C/C=C\CC.C=Cc1ccccc1C=C. The first-order chi connectivity index (χ1) is 12.8. The van der Waals surface area contributed by atoms with Crippen molar-refractivity contribution in [1.29, 1.82) is 0 Å². The van der Waals surface area contributed by atoms with Gasteiger partial charge >= 0.3 is 0 Å². The fraction of sp³-hybridized carbons (Fsp3) is 0.214. The van der Waals surface area contributed by atoms with Gasteiger partial charge in [0.05, 0.1) is 0 Å². The summed E-state index contributed by atoms with van der Waals surface area (Å²) in [5.41, 5.74) is 2.27. The van der Waals surface area contributed by atoms with Crippen molar-refractivity contribution in [3.63, 3.8) is 0 Å². The average Bonchev–Trinajstić information content (AvgIpc) is 2.71. The van der Waals surface area contributed by atoms with Crippen molar-refractivity contribution in [3.8, 4) is 0 Å². The molecule has 0 radical (unpaired) electrons. The molecule has 0 nitrogen and oxygen atoms in total. The molecule has 0 fully saturated rings. The molecule has 0 unspecified atom stereocenters. The molecule has 0 aliphatic heterocycles. The third-order valence-corrected chi connectivity index (χ3v) is 3.27. The minimum Gasteiger partial charge on any atom is -0.0991 e. The van der Waals surface area contributed by atoms with E-state index in [1.165, 1.54) is 0 Å². The molecule has 0 N–H and O–H groups in total. The lowest BCUT2D eigenvalue weighted by atomic mass is 10.1. The Balaban J connectivity index is -0.000000335. The molecule has 0 amide bonds. The average molecular weight is 377 g/mol. The van der Waals surface area contributed by atoms with Crippen LogP contribution in [0.5, 0.6) is 0 Å². The van der Waals surface area contributed by atoms with E-state index in [2.05, 4.69) is 69.2 Å². The second-order valence-corrected chi connectivity index (χ2v) is 5.31. The minimum atomic E-state index is 0. The Labute approximate surface area is 175 Å². The zero-order valence-corrected chi connectivity index (χ0v) is 16.1. The lowest BCUT2D eigenvalue weighted by Crippen LogP contribution is -1.76. The second-order valence-electron chi connectivity index (χ2n) is 5.31. The Morgan fingerprint density at radius 3 is 1.50 bits per heavy atom. The summed E-state index contributed by atoms with van der Waals surface area (Å²) < 4.78 is 0. The van der Waals surface area contributed by atoms with Gasteiger partial charge in [-0.3, -0.25) is 0 Å². The molecule has 0 saturated carbocycles. The maximum Gasteiger partial charge on any atom is -0.0190 e. The highest BCUT2D eigenvalue weighted by molar-refractivity contribution is 5.63. The van der Waals surface area contributed by atoms with Crippen molar-refractivity contribution in [1.82, 2.24) is 0 Å². The lowest BCUT2D eigenvalue weighted by Gasteiger charge is -1.96. The summed E-state index contributed by atoms with van der Waals surface area (Å²) >= 11 is 0. The van der Waals surface area contributed by atoms with Crippen molar-refractivity contribution >= 4 is 12.2 Å². The quantitative estimate of drug-likeness (QED) is 0.459. The van der Waals surface area contributed by atoms with E-state index in [0.717, 1.165) is 30.4 Å². The molecule has 0 heterocycles. The van der Waals surface area contributed by atoms with Gasteiger partial charge in [-0.2, -0.15) is 0 Å². The molecule has 0 aromatic heterocycles. The molecule has 0 bridgehead atoms. The molecule has 0 atom stereocenters. The van der Waals surface area contributed by atoms with Crippen molar-refractivity contribution in [3.05, 3.63) is 122 Å². The maximum atomic E-state index is 3.69. The van der Waals surface area contributed by atoms with Crippen LogP contribution in [-0.2, 0) is 0 Å². The summed E-state index contributed by atoms with van der Waals surface area (Å²) in [4.78, 5) is 0. The van der Waals surface area contributed by atoms with Crippen LogP contribution in [0.25, 0.3) is 12.2 Å². The van der Waals surface area contributed by atoms with Gasteiger partial charge in [-0.05, 0) is 30.4 Å². The summed E-state index contributed by atoms with van der Waals surface area (Å²) in [5, 5.41) is 0. The zero-order chi connectivity index (χ0) is 19.3. The molecule has 1 aliphatic carbocycles. The van der Waals surface area contributed by atoms with Crippen LogP contribution in [0.3, 0.4) is 0 Å². The standard InChI is InChI=1S/C10H10.C10H12.C6H10.2CH4/c1-3-9-7-5-6-8-10(9)4-2;1-2-4-6-8-10-9-7-5-3-1;1-3-5-6-4-2;;/h3-8H,1-2H2;1-8H,9-10H2;3,5-6H,1,4H2,2H3;2*1H4/b;3-1?,4-2?,7-5-,8-6+;6-5-;;. The van der Waals surface area contributed by atoms with E-state index >= 15 is 0 Å². The second kappa shape index (κ2) is 24.1. The Morgan fingerprint density at radius 1 is 0.750 bits per heavy atom. The largest absolute Gasteiger partial charge is 0.0991 e.